The predicted octanol–water partition coefficient (Wildman–Crippen LogP) is 4.51. The zero-order chi connectivity index (χ0) is 14.0. The molecule has 0 unspecified atom stereocenters. The van der Waals surface area contributed by atoms with Crippen LogP contribution in [0.2, 0.25) is 5.02 Å². The Hall–Kier alpha value is -1.75. The number of hydrogen-bond donors (Lipinski definition) is 1. The third-order valence-corrected chi connectivity index (χ3v) is 2.78. The Morgan fingerprint density at radius 3 is 2.21 bits per heavy atom. The number of benzene rings is 2. The summed E-state index contributed by atoms with van der Waals surface area (Å²) in [5.41, 5.74) is 0.292. The van der Waals surface area contributed by atoms with Crippen molar-refractivity contribution >= 4 is 17.3 Å². The van der Waals surface area contributed by atoms with Gasteiger partial charge in [-0.2, -0.15) is 0 Å². The summed E-state index contributed by atoms with van der Waals surface area (Å²) in [6.45, 7) is 0.0517. The molecule has 2 rings (SSSR count). The summed E-state index contributed by atoms with van der Waals surface area (Å²) < 4.78 is 52.1. The first-order valence-corrected chi connectivity index (χ1v) is 5.67. The van der Waals surface area contributed by atoms with Crippen LogP contribution in [0.1, 0.15) is 5.56 Å². The molecule has 0 aliphatic carbocycles. The van der Waals surface area contributed by atoms with Crippen LogP contribution in [-0.2, 0) is 6.54 Å². The van der Waals surface area contributed by atoms with Gasteiger partial charge in [0.1, 0.15) is 11.6 Å². The Balaban J connectivity index is 2.14. The first kappa shape index (κ1) is 13.7. The van der Waals surface area contributed by atoms with Crippen molar-refractivity contribution in [1.29, 1.82) is 0 Å². The van der Waals surface area contributed by atoms with Gasteiger partial charge in [-0.3, -0.25) is 0 Å². The molecular weight excluding hydrogens is 282 g/mol. The molecule has 1 N–H and O–H groups in total. The molecule has 0 aliphatic heterocycles. The second-order valence-corrected chi connectivity index (χ2v) is 4.26. The molecule has 0 bridgehead atoms. The Kier molecular flexibility index (Phi) is 3.95. The van der Waals surface area contributed by atoms with Crippen molar-refractivity contribution in [3.63, 3.8) is 0 Å². The molecule has 0 saturated heterocycles. The van der Waals surface area contributed by atoms with Crippen molar-refractivity contribution in [2.75, 3.05) is 5.32 Å². The lowest BCUT2D eigenvalue weighted by atomic mass is 10.2. The highest BCUT2D eigenvalue weighted by molar-refractivity contribution is 6.30. The van der Waals surface area contributed by atoms with Gasteiger partial charge in [0.15, 0.2) is 11.6 Å². The SMILES string of the molecule is Fc1cc(F)c(NCc2ccc(Cl)c(F)c2)cc1F. The highest BCUT2D eigenvalue weighted by Gasteiger charge is 2.09. The maximum atomic E-state index is 13.3. The average molecular weight is 290 g/mol. The molecule has 0 radical (unpaired) electrons. The van der Waals surface area contributed by atoms with Gasteiger partial charge < -0.3 is 5.32 Å². The topological polar surface area (TPSA) is 12.0 Å². The van der Waals surface area contributed by atoms with E-state index in [1.54, 1.807) is 0 Å². The summed E-state index contributed by atoms with van der Waals surface area (Å²) in [7, 11) is 0. The number of halogens is 5. The van der Waals surface area contributed by atoms with E-state index >= 15 is 0 Å². The number of rotatable bonds is 3. The Bertz CT molecular complexity index is 616. The number of anilines is 1. The maximum absolute atomic E-state index is 13.3. The first-order valence-electron chi connectivity index (χ1n) is 5.29. The van der Waals surface area contributed by atoms with Gasteiger partial charge in [0.2, 0.25) is 0 Å². The van der Waals surface area contributed by atoms with E-state index in [-0.39, 0.29) is 17.3 Å². The van der Waals surface area contributed by atoms with Gasteiger partial charge in [-0.25, -0.2) is 17.6 Å². The van der Waals surface area contributed by atoms with Gasteiger partial charge in [0.05, 0.1) is 10.7 Å². The van der Waals surface area contributed by atoms with Crippen molar-refractivity contribution in [3.05, 3.63) is 64.2 Å². The van der Waals surface area contributed by atoms with Crippen LogP contribution >= 0.6 is 11.6 Å². The van der Waals surface area contributed by atoms with E-state index < -0.39 is 23.3 Å². The van der Waals surface area contributed by atoms with Crippen LogP contribution in [0.5, 0.6) is 0 Å². The second-order valence-electron chi connectivity index (χ2n) is 3.85. The first-order chi connectivity index (χ1) is 8.97. The quantitative estimate of drug-likeness (QED) is 0.647. The van der Waals surface area contributed by atoms with E-state index in [9.17, 15) is 17.6 Å². The van der Waals surface area contributed by atoms with Gasteiger partial charge in [0.25, 0.3) is 0 Å². The minimum Gasteiger partial charge on any atom is -0.379 e. The zero-order valence-electron chi connectivity index (χ0n) is 9.48. The van der Waals surface area contributed by atoms with Crippen LogP contribution in [0.15, 0.2) is 30.3 Å². The summed E-state index contributed by atoms with van der Waals surface area (Å²) in [6.07, 6.45) is 0. The minimum absolute atomic E-state index is 0.0252. The van der Waals surface area contributed by atoms with E-state index in [2.05, 4.69) is 5.32 Å². The van der Waals surface area contributed by atoms with Gasteiger partial charge in [-0.15, -0.1) is 0 Å². The average Bonchev–Trinajstić information content (AvgIpc) is 2.36. The normalized spacial score (nSPS) is 10.6. The summed E-state index contributed by atoms with van der Waals surface area (Å²) in [5, 5.41) is 2.53. The molecule has 0 heterocycles. The van der Waals surface area contributed by atoms with Gasteiger partial charge in [0, 0.05) is 18.7 Å². The Labute approximate surface area is 111 Å². The van der Waals surface area contributed by atoms with E-state index in [1.165, 1.54) is 18.2 Å². The zero-order valence-corrected chi connectivity index (χ0v) is 10.2. The monoisotopic (exact) mass is 289 g/mol. The van der Waals surface area contributed by atoms with Crippen molar-refractivity contribution in [1.82, 2.24) is 0 Å². The number of nitrogens with one attached hydrogen (secondary N) is 1. The van der Waals surface area contributed by atoms with E-state index in [0.717, 1.165) is 0 Å². The number of hydrogen-bond acceptors (Lipinski definition) is 1. The molecule has 100 valence electrons. The van der Waals surface area contributed by atoms with Gasteiger partial charge in [-0.05, 0) is 17.7 Å². The smallest absolute Gasteiger partial charge is 0.161 e. The molecule has 0 atom stereocenters. The molecule has 0 fully saturated rings. The lowest BCUT2D eigenvalue weighted by Gasteiger charge is -2.08. The van der Waals surface area contributed by atoms with Crippen LogP contribution in [0.25, 0.3) is 0 Å². The summed E-state index contributed by atoms with van der Waals surface area (Å²) in [6, 6.07) is 5.22. The molecule has 2 aromatic carbocycles. The van der Waals surface area contributed by atoms with Crippen molar-refractivity contribution in [2.45, 2.75) is 6.54 Å². The molecule has 0 aliphatic rings. The highest BCUT2D eigenvalue weighted by atomic mass is 35.5. The molecule has 6 heteroatoms. The molecule has 0 saturated carbocycles. The van der Waals surface area contributed by atoms with Crippen LogP contribution in [0.3, 0.4) is 0 Å². The standard InChI is InChI=1S/C13H8ClF4N/c14-8-2-1-7(3-9(8)15)6-19-13-5-11(17)10(16)4-12(13)18/h1-5,19H,6H2. The maximum Gasteiger partial charge on any atom is 0.161 e. The minimum atomic E-state index is -1.26. The second kappa shape index (κ2) is 5.48. The van der Waals surface area contributed by atoms with Crippen LogP contribution in [0.4, 0.5) is 23.2 Å². The fourth-order valence-corrected chi connectivity index (χ4v) is 1.62. The molecule has 0 amide bonds. The van der Waals surface area contributed by atoms with Crippen LogP contribution < -0.4 is 5.32 Å². The largest absolute Gasteiger partial charge is 0.379 e. The summed E-state index contributed by atoms with van der Waals surface area (Å²) in [4.78, 5) is 0. The summed E-state index contributed by atoms with van der Waals surface area (Å²) >= 11 is 5.51. The van der Waals surface area contributed by atoms with Crippen molar-refractivity contribution in [2.24, 2.45) is 0 Å². The van der Waals surface area contributed by atoms with Crippen LogP contribution in [0, 0.1) is 23.3 Å². The molecule has 19 heavy (non-hydrogen) atoms. The van der Waals surface area contributed by atoms with E-state index in [0.29, 0.717) is 17.7 Å². The van der Waals surface area contributed by atoms with E-state index in [1.807, 2.05) is 0 Å². The molecule has 0 spiro atoms. The predicted molar refractivity (Wildman–Crippen MR) is 65.1 cm³/mol. The molecule has 0 aromatic heterocycles. The van der Waals surface area contributed by atoms with Crippen molar-refractivity contribution in [3.8, 4) is 0 Å². The van der Waals surface area contributed by atoms with Crippen molar-refractivity contribution < 1.29 is 17.6 Å². The van der Waals surface area contributed by atoms with E-state index in [4.69, 9.17) is 11.6 Å². The summed E-state index contributed by atoms with van der Waals surface area (Å²) in [5.74, 6) is -3.95. The fourth-order valence-electron chi connectivity index (χ4n) is 1.50. The lowest BCUT2D eigenvalue weighted by Crippen LogP contribution is -2.03. The third kappa shape index (κ3) is 3.17. The van der Waals surface area contributed by atoms with Gasteiger partial charge >= 0.3 is 0 Å². The third-order valence-electron chi connectivity index (χ3n) is 2.48. The Morgan fingerprint density at radius 1 is 0.842 bits per heavy atom. The molecule has 1 nitrogen and oxygen atoms in total. The lowest BCUT2D eigenvalue weighted by molar-refractivity contribution is 0.496. The molecule has 2 aromatic rings. The highest BCUT2D eigenvalue weighted by Crippen LogP contribution is 2.20. The fraction of sp³-hybridized carbons (Fsp3) is 0.0769. The Morgan fingerprint density at radius 2 is 1.53 bits per heavy atom. The van der Waals surface area contributed by atoms with Crippen LogP contribution in [-0.4, -0.2) is 0 Å². The molecular formula is C13H8ClF4N. The van der Waals surface area contributed by atoms with Gasteiger partial charge in [-0.1, -0.05) is 17.7 Å².